The van der Waals surface area contributed by atoms with E-state index in [1.165, 1.54) is 6.33 Å². The number of nitrogens with one attached hydrogen (secondary N) is 1. The average molecular weight is 206 g/mol. The van der Waals surface area contributed by atoms with E-state index >= 15 is 0 Å². The molecule has 80 valence electrons. The highest BCUT2D eigenvalue weighted by Crippen LogP contribution is 2.13. The molecule has 0 radical (unpaired) electrons. The Morgan fingerprint density at radius 2 is 2.40 bits per heavy atom. The highest BCUT2D eigenvalue weighted by Gasteiger charge is 2.16. The minimum absolute atomic E-state index is 0.339. The van der Waals surface area contributed by atoms with Gasteiger partial charge in [0.05, 0.1) is 0 Å². The number of nitrogens with two attached hydrogens (primary N) is 1. The van der Waals surface area contributed by atoms with E-state index in [1.54, 1.807) is 6.20 Å². The van der Waals surface area contributed by atoms with Gasteiger partial charge in [-0.1, -0.05) is 6.92 Å². The molecule has 1 unspecified atom stereocenters. The van der Waals surface area contributed by atoms with Gasteiger partial charge in [-0.05, 0) is 6.42 Å². The summed E-state index contributed by atoms with van der Waals surface area (Å²) in [6.07, 6.45) is 6.17. The van der Waals surface area contributed by atoms with Crippen LogP contribution < -0.4 is 5.73 Å². The van der Waals surface area contributed by atoms with E-state index < -0.39 is 0 Å². The highest BCUT2D eigenvalue weighted by atomic mass is 15.2. The fourth-order valence-electron chi connectivity index (χ4n) is 1.52. The lowest BCUT2D eigenvalue weighted by molar-refractivity contribution is 0.600. The van der Waals surface area contributed by atoms with Gasteiger partial charge in [0.25, 0.3) is 0 Å². The largest absolute Gasteiger partial charge is 0.333 e. The molecule has 0 aromatic carbocycles. The number of aromatic amines is 1. The van der Waals surface area contributed by atoms with E-state index in [2.05, 4.69) is 27.1 Å². The van der Waals surface area contributed by atoms with Crippen LogP contribution in [-0.4, -0.2) is 24.7 Å². The molecule has 15 heavy (non-hydrogen) atoms. The molecule has 2 aromatic heterocycles. The zero-order valence-electron chi connectivity index (χ0n) is 8.59. The van der Waals surface area contributed by atoms with Crippen LogP contribution in [0.1, 0.15) is 31.0 Å². The van der Waals surface area contributed by atoms with Crippen LogP contribution in [0.4, 0.5) is 0 Å². The maximum Gasteiger partial charge on any atom is 0.148 e. The van der Waals surface area contributed by atoms with Crippen LogP contribution in [0.15, 0.2) is 18.7 Å². The van der Waals surface area contributed by atoms with Gasteiger partial charge in [-0.15, -0.1) is 0 Å². The number of nitrogens with zero attached hydrogens (tertiary/aromatic N) is 4. The Kier molecular flexibility index (Phi) is 2.77. The quantitative estimate of drug-likeness (QED) is 0.761. The van der Waals surface area contributed by atoms with E-state index in [-0.39, 0.29) is 6.04 Å². The molecule has 0 fully saturated rings. The molecule has 0 spiro atoms. The standard InChI is InChI=1S/C9H14N6/c1-2-4-15-5-3-11-9(15)7(10)8-12-6-13-14-8/h3,5-7H,2,4,10H2,1H3,(H,12,13,14). The van der Waals surface area contributed by atoms with Gasteiger partial charge >= 0.3 is 0 Å². The summed E-state index contributed by atoms with van der Waals surface area (Å²) >= 11 is 0. The van der Waals surface area contributed by atoms with Crippen molar-refractivity contribution in [3.63, 3.8) is 0 Å². The van der Waals surface area contributed by atoms with Crippen molar-refractivity contribution in [2.24, 2.45) is 5.73 Å². The number of H-pyrrole nitrogens is 1. The zero-order valence-corrected chi connectivity index (χ0v) is 8.59. The number of aryl methyl sites for hydroxylation is 1. The van der Waals surface area contributed by atoms with Gasteiger partial charge in [0.1, 0.15) is 24.0 Å². The Morgan fingerprint density at radius 1 is 1.53 bits per heavy atom. The molecular formula is C9H14N6. The van der Waals surface area contributed by atoms with Gasteiger partial charge < -0.3 is 10.3 Å². The van der Waals surface area contributed by atoms with E-state index in [9.17, 15) is 0 Å². The molecule has 0 aliphatic rings. The van der Waals surface area contributed by atoms with Gasteiger partial charge in [0, 0.05) is 18.9 Å². The lowest BCUT2D eigenvalue weighted by atomic mass is 10.3. The number of aromatic nitrogens is 5. The van der Waals surface area contributed by atoms with Crippen LogP contribution in [0.3, 0.4) is 0 Å². The first kappa shape index (κ1) is 9.85. The van der Waals surface area contributed by atoms with E-state index in [0.29, 0.717) is 5.82 Å². The van der Waals surface area contributed by atoms with Crippen molar-refractivity contribution in [3.05, 3.63) is 30.4 Å². The second kappa shape index (κ2) is 4.22. The third kappa shape index (κ3) is 1.89. The predicted octanol–water partition coefficient (Wildman–Crippen LogP) is 0.459. The van der Waals surface area contributed by atoms with E-state index in [1.807, 2.05) is 10.8 Å². The number of rotatable bonds is 4. The van der Waals surface area contributed by atoms with Crippen LogP contribution in [0.2, 0.25) is 0 Å². The molecule has 2 rings (SSSR count). The molecule has 0 saturated heterocycles. The summed E-state index contributed by atoms with van der Waals surface area (Å²) in [6, 6.07) is -0.339. The van der Waals surface area contributed by atoms with Gasteiger partial charge in [0.2, 0.25) is 0 Å². The molecule has 0 aliphatic heterocycles. The zero-order chi connectivity index (χ0) is 10.7. The van der Waals surface area contributed by atoms with Gasteiger partial charge in [-0.25, -0.2) is 9.97 Å². The summed E-state index contributed by atoms with van der Waals surface area (Å²) < 4.78 is 2.03. The monoisotopic (exact) mass is 206 g/mol. The fourth-order valence-corrected chi connectivity index (χ4v) is 1.52. The summed E-state index contributed by atoms with van der Waals surface area (Å²) in [5, 5.41) is 6.53. The Hall–Kier alpha value is -1.69. The number of hydrogen-bond acceptors (Lipinski definition) is 4. The smallest absolute Gasteiger partial charge is 0.148 e. The topological polar surface area (TPSA) is 85.4 Å². The van der Waals surface area contributed by atoms with Crippen molar-refractivity contribution < 1.29 is 0 Å². The Labute approximate surface area is 87.5 Å². The molecule has 2 aromatic rings. The van der Waals surface area contributed by atoms with Gasteiger partial charge in [-0.2, -0.15) is 5.10 Å². The SMILES string of the molecule is CCCn1ccnc1C(N)c1ncn[nH]1. The van der Waals surface area contributed by atoms with Crippen molar-refractivity contribution in [1.29, 1.82) is 0 Å². The van der Waals surface area contributed by atoms with Crippen LogP contribution in [-0.2, 0) is 6.54 Å². The maximum atomic E-state index is 6.02. The molecule has 0 saturated carbocycles. The lowest BCUT2D eigenvalue weighted by Gasteiger charge is -2.10. The van der Waals surface area contributed by atoms with Crippen LogP contribution in [0, 0.1) is 0 Å². The van der Waals surface area contributed by atoms with Gasteiger partial charge in [0.15, 0.2) is 0 Å². The summed E-state index contributed by atoms with van der Waals surface area (Å²) in [6.45, 7) is 3.03. The van der Waals surface area contributed by atoms with Crippen LogP contribution in [0.5, 0.6) is 0 Å². The lowest BCUT2D eigenvalue weighted by Crippen LogP contribution is -2.19. The summed E-state index contributed by atoms with van der Waals surface area (Å²) in [5.74, 6) is 1.45. The first-order chi connectivity index (χ1) is 7.33. The molecule has 3 N–H and O–H groups in total. The van der Waals surface area contributed by atoms with Crippen molar-refractivity contribution in [2.45, 2.75) is 25.9 Å². The third-order valence-electron chi connectivity index (χ3n) is 2.22. The minimum Gasteiger partial charge on any atom is -0.333 e. The molecule has 1 atom stereocenters. The normalized spacial score (nSPS) is 12.9. The molecular weight excluding hydrogens is 192 g/mol. The van der Waals surface area contributed by atoms with Crippen molar-refractivity contribution in [2.75, 3.05) is 0 Å². The Morgan fingerprint density at radius 3 is 3.07 bits per heavy atom. The summed E-state index contributed by atoms with van der Waals surface area (Å²) in [4.78, 5) is 8.27. The molecule has 0 amide bonds. The van der Waals surface area contributed by atoms with Crippen molar-refractivity contribution >= 4 is 0 Å². The number of hydrogen-bond donors (Lipinski definition) is 2. The van der Waals surface area contributed by atoms with Crippen molar-refractivity contribution in [1.82, 2.24) is 24.7 Å². The minimum atomic E-state index is -0.339. The molecule has 6 heteroatoms. The Bertz CT molecular complexity index is 404. The molecule has 6 nitrogen and oxygen atoms in total. The van der Waals surface area contributed by atoms with E-state index in [0.717, 1.165) is 18.8 Å². The van der Waals surface area contributed by atoms with Gasteiger partial charge in [-0.3, -0.25) is 5.10 Å². The molecule has 0 bridgehead atoms. The van der Waals surface area contributed by atoms with Crippen LogP contribution >= 0.6 is 0 Å². The number of imidazole rings is 1. The van der Waals surface area contributed by atoms with Crippen molar-refractivity contribution in [3.8, 4) is 0 Å². The second-order valence-electron chi connectivity index (χ2n) is 3.33. The summed E-state index contributed by atoms with van der Waals surface area (Å²) in [7, 11) is 0. The van der Waals surface area contributed by atoms with E-state index in [4.69, 9.17) is 5.73 Å². The van der Waals surface area contributed by atoms with Crippen LogP contribution in [0.25, 0.3) is 0 Å². The maximum absolute atomic E-state index is 6.02. The summed E-state index contributed by atoms with van der Waals surface area (Å²) in [5.41, 5.74) is 6.02. The Balaban J connectivity index is 2.25. The molecule has 2 heterocycles. The first-order valence-corrected chi connectivity index (χ1v) is 4.94. The highest BCUT2D eigenvalue weighted by molar-refractivity contribution is 5.09. The average Bonchev–Trinajstić information content (AvgIpc) is 2.87. The first-order valence-electron chi connectivity index (χ1n) is 4.94. The predicted molar refractivity (Wildman–Crippen MR) is 54.9 cm³/mol. The fraction of sp³-hybridized carbons (Fsp3) is 0.444. The second-order valence-corrected chi connectivity index (χ2v) is 3.33. The molecule has 0 aliphatic carbocycles. The third-order valence-corrected chi connectivity index (χ3v) is 2.22.